The molecule has 0 saturated heterocycles. The average Bonchev–Trinajstić information content (AvgIpc) is 2.49. The summed E-state index contributed by atoms with van der Waals surface area (Å²) in [5.41, 5.74) is 1.05. The number of nitrogens with one attached hydrogen (secondary N) is 1. The molecule has 2 aromatic rings. The van der Waals surface area contributed by atoms with Crippen molar-refractivity contribution in [2.45, 2.75) is 6.54 Å². The van der Waals surface area contributed by atoms with Crippen LogP contribution >= 0.6 is 0 Å². The SMILES string of the molecule is COc1ccc(OCCNCc2ccc(F)cc2)cc1. The highest BCUT2D eigenvalue weighted by Crippen LogP contribution is 2.16. The van der Waals surface area contributed by atoms with Crippen LogP contribution < -0.4 is 14.8 Å². The predicted molar refractivity (Wildman–Crippen MR) is 76.6 cm³/mol. The summed E-state index contributed by atoms with van der Waals surface area (Å²) in [5.74, 6) is 1.41. The molecule has 106 valence electrons. The molecule has 0 atom stereocenters. The number of hydrogen-bond acceptors (Lipinski definition) is 3. The summed E-state index contributed by atoms with van der Waals surface area (Å²) in [5, 5.41) is 3.24. The fourth-order valence-electron chi connectivity index (χ4n) is 1.75. The van der Waals surface area contributed by atoms with Gasteiger partial charge in [0.05, 0.1) is 7.11 Å². The third-order valence-electron chi connectivity index (χ3n) is 2.85. The van der Waals surface area contributed by atoms with Crippen molar-refractivity contribution in [3.8, 4) is 11.5 Å². The van der Waals surface area contributed by atoms with Crippen molar-refractivity contribution < 1.29 is 13.9 Å². The molecule has 2 aromatic carbocycles. The van der Waals surface area contributed by atoms with Gasteiger partial charge in [-0.3, -0.25) is 0 Å². The Labute approximate surface area is 118 Å². The maximum absolute atomic E-state index is 12.7. The third-order valence-corrected chi connectivity index (χ3v) is 2.85. The van der Waals surface area contributed by atoms with Crippen molar-refractivity contribution >= 4 is 0 Å². The molecule has 0 amide bonds. The van der Waals surface area contributed by atoms with Gasteiger partial charge in [-0.05, 0) is 42.0 Å². The van der Waals surface area contributed by atoms with Crippen LogP contribution in [0.4, 0.5) is 4.39 Å². The van der Waals surface area contributed by atoms with Gasteiger partial charge in [-0.25, -0.2) is 4.39 Å². The molecule has 0 aliphatic rings. The van der Waals surface area contributed by atoms with E-state index in [-0.39, 0.29) is 5.82 Å². The van der Waals surface area contributed by atoms with E-state index in [0.717, 1.165) is 23.6 Å². The highest BCUT2D eigenvalue weighted by molar-refractivity contribution is 5.31. The molecule has 1 N–H and O–H groups in total. The molecule has 0 bridgehead atoms. The van der Waals surface area contributed by atoms with E-state index in [2.05, 4.69) is 5.32 Å². The van der Waals surface area contributed by atoms with Crippen LogP contribution in [0.2, 0.25) is 0 Å². The van der Waals surface area contributed by atoms with Crippen LogP contribution in [-0.2, 0) is 6.54 Å². The minimum absolute atomic E-state index is 0.211. The van der Waals surface area contributed by atoms with Crippen molar-refractivity contribution in [1.29, 1.82) is 0 Å². The van der Waals surface area contributed by atoms with Crippen LogP contribution in [0.3, 0.4) is 0 Å². The molecule has 0 unspecified atom stereocenters. The quantitative estimate of drug-likeness (QED) is 0.788. The van der Waals surface area contributed by atoms with E-state index in [1.807, 2.05) is 24.3 Å². The smallest absolute Gasteiger partial charge is 0.123 e. The minimum atomic E-state index is -0.211. The molecule has 0 aliphatic carbocycles. The van der Waals surface area contributed by atoms with Gasteiger partial charge in [-0.15, -0.1) is 0 Å². The fourth-order valence-corrected chi connectivity index (χ4v) is 1.75. The predicted octanol–water partition coefficient (Wildman–Crippen LogP) is 3.00. The Kier molecular flexibility index (Phi) is 5.38. The van der Waals surface area contributed by atoms with Gasteiger partial charge in [-0.1, -0.05) is 12.1 Å². The number of halogens is 1. The number of ether oxygens (including phenoxy) is 2. The first-order valence-corrected chi connectivity index (χ1v) is 6.50. The van der Waals surface area contributed by atoms with Gasteiger partial charge in [0, 0.05) is 13.1 Å². The first kappa shape index (κ1) is 14.3. The summed E-state index contributed by atoms with van der Waals surface area (Å²) < 4.78 is 23.4. The number of methoxy groups -OCH3 is 1. The van der Waals surface area contributed by atoms with Crippen molar-refractivity contribution in [3.63, 3.8) is 0 Å². The second kappa shape index (κ2) is 7.50. The zero-order valence-corrected chi connectivity index (χ0v) is 11.4. The lowest BCUT2D eigenvalue weighted by atomic mass is 10.2. The molecule has 0 aliphatic heterocycles. The molecule has 0 fully saturated rings. The van der Waals surface area contributed by atoms with E-state index >= 15 is 0 Å². The number of rotatable bonds is 7. The van der Waals surface area contributed by atoms with Crippen LogP contribution in [-0.4, -0.2) is 20.3 Å². The Balaban J connectivity index is 1.64. The molecule has 0 aromatic heterocycles. The highest BCUT2D eigenvalue weighted by atomic mass is 19.1. The molecule has 20 heavy (non-hydrogen) atoms. The van der Waals surface area contributed by atoms with E-state index in [1.54, 1.807) is 19.2 Å². The van der Waals surface area contributed by atoms with E-state index in [0.29, 0.717) is 13.2 Å². The Morgan fingerprint density at radius 3 is 2.25 bits per heavy atom. The van der Waals surface area contributed by atoms with Crippen molar-refractivity contribution in [1.82, 2.24) is 5.32 Å². The molecule has 2 rings (SSSR count). The zero-order valence-electron chi connectivity index (χ0n) is 11.4. The van der Waals surface area contributed by atoms with Crippen LogP contribution in [0.15, 0.2) is 48.5 Å². The van der Waals surface area contributed by atoms with Gasteiger partial charge in [0.25, 0.3) is 0 Å². The van der Waals surface area contributed by atoms with Crippen LogP contribution in [0, 0.1) is 5.82 Å². The summed E-state index contributed by atoms with van der Waals surface area (Å²) in [6.07, 6.45) is 0. The van der Waals surface area contributed by atoms with Crippen molar-refractivity contribution in [3.05, 3.63) is 59.9 Å². The average molecular weight is 275 g/mol. The second-order valence-corrected chi connectivity index (χ2v) is 4.33. The summed E-state index contributed by atoms with van der Waals surface area (Å²) in [4.78, 5) is 0. The van der Waals surface area contributed by atoms with Crippen LogP contribution in [0.1, 0.15) is 5.56 Å². The molecular formula is C16H18FNO2. The van der Waals surface area contributed by atoms with Crippen molar-refractivity contribution in [2.75, 3.05) is 20.3 Å². The highest BCUT2D eigenvalue weighted by Gasteiger charge is 1.96. The zero-order chi connectivity index (χ0) is 14.2. The van der Waals surface area contributed by atoms with E-state index in [1.165, 1.54) is 12.1 Å². The summed E-state index contributed by atoms with van der Waals surface area (Å²) in [6, 6.07) is 13.9. The fraction of sp³-hybridized carbons (Fsp3) is 0.250. The molecule has 3 nitrogen and oxygen atoms in total. The van der Waals surface area contributed by atoms with Gasteiger partial charge in [0.15, 0.2) is 0 Å². The molecule has 4 heteroatoms. The lowest BCUT2D eigenvalue weighted by Crippen LogP contribution is -2.20. The standard InChI is InChI=1S/C16H18FNO2/c1-19-15-6-8-16(9-7-15)20-11-10-18-12-13-2-4-14(17)5-3-13/h2-9,18H,10-12H2,1H3. The van der Waals surface area contributed by atoms with Gasteiger partial charge in [0.1, 0.15) is 23.9 Å². The summed E-state index contributed by atoms with van der Waals surface area (Å²) >= 11 is 0. The summed E-state index contributed by atoms with van der Waals surface area (Å²) in [6.45, 7) is 2.00. The van der Waals surface area contributed by atoms with Crippen LogP contribution in [0.25, 0.3) is 0 Å². The van der Waals surface area contributed by atoms with E-state index < -0.39 is 0 Å². The monoisotopic (exact) mass is 275 g/mol. The lowest BCUT2D eigenvalue weighted by Gasteiger charge is -2.08. The Morgan fingerprint density at radius 2 is 1.60 bits per heavy atom. The topological polar surface area (TPSA) is 30.5 Å². The second-order valence-electron chi connectivity index (χ2n) is 4.33. The molecular weight excluding hydrogens is 257 g/mol. The van der Waals surface area contributed by atoms with E-state index in [9.17, 15) is 4.39 Å². The van der Waals surface area contributed by atoms with Crippen LogP contribution in [0.5, 0.6) is 11.5 Å². The van der Waals surface area contributed by atoms with Gasteiger partial charge in [-0.2, -0.15) is 0 Å². The third kappa shape index (κ3) is 4.55. The Morgan fingerprint density at radius 1 is 0.950 bits per heavy atom. The number of hydrogen-bond donors (Lipinski definition) is 1. The first-order chi connectivity index (χ1) is 9.78. The normalized spacial score (nSPS) is 10.3. The van der Waals surface area contributed by atoms with Gasteiger partial charge < -0.3 is 14.8 Å². The Bertz CT molecular complexity index is 511. The molecule has 0 spiro atoms. The maximum Gasteiger partial charge on any atom is 0.123 e. The maximum atomic E-state index is 12.7. The lowest BCUT2D eigenvalue weighted by molar-refractivity contribution is 0.313. The minimum Gasteiger partial charge on any atom is -0.497 e. The van der Waals surface area contributed by atoms with E-state index in [4.69, 9.17) is 9.47 Å². The van der Waals surface area contributed by atoms with Gasteiger partial charge >= 0.3 is 0 Å². The Hall–Kier alpha value is -2.07. The number of benzene rings is 2. The molecule has 0 saturated carbocycles. The van der Waals surface area contributed by atoms with Gasteiger partial charge in [0.2, 0.25) is 0 Å². The van der Waals surface area contributed by atoms with Crippen molar-refractivity contribution in [2.24, 2.45) is 0 Å². The summed E-state index contributed by atoms with van der Waals surface area (Å²) in [7, 11) is 1.63. The molecule has 0 heterocycles. The molecule has 0 radical (unpaired) electrons. The largest absolute Gasteiger partial charge is 0.497 e. The first-order valence-electron chi connectivity index (χ1n) is 6.50.